The van der Waals surface area contributed by atoms with Gasteiger partial charge in [0.05, 0.1) is 19.0 Å². The number of aromatic nitrogens is 1. The number of anilines is 2. The van der Waals surface area contributed by atoms with E-state index >= 15 is 0 Å². The third-order valence-corrected chi connectivity index (χ3v) is 4.48. The Hall–Kier alpha value is -3.34. The van der Waals surface area contributed by atoms with Crippen molar-refractivity contribution in [3.63, 3.8) is 0 Å². The predicted octanol–water partition coefficient (Wildman–Crippen LogP) is 5.08. The summed E-state index contributed by atoms with van der Waals surface area (Å²) in [5.41, 5.74) is 4.30. The van der Waals surface area contributed by atoms with Crippen LogP contribution in [0.5, 0.6) is 5.75 Å². The SMILES string of the molecule is COc1ccc(CNc2ccc(C(=O)Nc3ccccc3C(C)C)nc2)cc1. The molecule has 1 amide bonds. The van der Waals surface area contributed by atoms with Crippen LogP contribution in [-0.2, 0) is 6.54 Å². The number of benzene rings is 2. The normalized spacial score (nSPS) is 10.6. The Balaban J connectivity index is 1.61. The standard InChI is InChI=1S/C23H25N3O2/c1-16(2)20-6-4-5-7-21(20)26-23(27)22-13-10-18(15-25-22)24-14-17-8-11-19(28-3)12-9-17/h4-13,15-16,24H,14H2,1-3H3,(H,26,27). The summed E-state index contributed by atoms with van der Waals surface area (Å²) in [4.78, 5) is 16.8. The second kappa shape index (κ2) is 9.04. The van der Waals surface area contributed by atoms with Crippen LogP contribution in [0.2, 0.25) is 0 Å². The van der Waals surface area contributed by atoms with Gasteiger partial charge in [0.1, 0.15) is 11.4 Å². The number of para-hydroxylation sites is 1. The van der Waals surface area contributed by atoms with E-state index in [-0.39, 0.29) is 5.91 Å². The smallest absolute Gasteiger partial charge is 0.274 e. The molecule has 2 N–H and O–H groups in total. The Morgan fingerprint density at radius 1 is 1.04 bits per heavy atom. The highest BCUT2D eigenvalue weighted by atomic mass is 16.5. The zero-order valence-electron chi connectivity index (χ0n) is 16.4. The fourth-order valence-corrected chi connectivity index (χ4v) is 2.88. The van der Waals surface area contributed by atoms with Gasteiger partial charge in [0.25, 0.3) is 5.91 Å². The lowest BCUT2D eigenvalue weighted by Gasteiger charge is -2.13. The number of pyridine rings is 1. The zero-order chi connectivity index (χ0) is 19.9. The predicted molar refractivity (Wildman–Crippen MR) is 113 cm³/mol. The molecule has 0 aliphatic heterocycles. The van der Waals surface area contributed by atoms with Crippen LogP contribution in [0, 0.1) is 0 Å². The molecule has 0 spiro atoms. The summed E-state index contributed by atoms with van der Waals surface area (Å²) in [6, 6.07) is 19.3. The van der Waals surface area contributed by atoms with Crippen molar-refractivity contribution < 1.29 is 9.53 Å². The molecule has 0 unspecified atom stereocenters. The summed E-state index contributed by atoms with van der Waals surface area (Å²) in [6.07, 6.45) is 1.67. The minimum absolute atomic E-state index is 0.213. The quantitative estimate of drug-likeness (QED) is 0.605. The van der Waals surface area contributed by atoms with E-state index in [1.807, 2.05) is 54.6 Å². The molecule has 0 aliphatic carbocycles. The van der Waals surface area contributed by atoms with Crippen molar-refractivity contribution in [3.05, 3.63) is 83.7 Å². The molecule has 5 nitrogen and oxygen atoms in total. The molecule has 0 atom stereocenters. The van der Waals surface area contributed by atoms with Crippen LogP contribution in [-0.4, -0.2) is 18.0 Å². The lowest BCUT2D eigenvalue weighted by Crippen LogP contribution is -2.15. The second-order valence-electron chi connectivity index (χ2n) is 6.83. The van der Waals surface area contributed by atoms with Gasteiger partial charge in [-0.05, 0) is 47.4 Å². The summed E-state index contributed by atoms with van der Waals surface area (Å²) < 4.78 is 5.16. The van der Waals surface area contributed by atoms with E-state index in [1.165, 1.54) is 0 Å². The minimum atomic E-state index is -0.213. The number of ether oxygens (including phenoxy) is 1. The summed E-state index contributed by atoms with van der Waals surface area (Å²) in [5.74, 6) is 0.948. The third kappa shape index (κ3) is 4.88. The lowest BCUT2D eigenvalue weighted by molar-refractivity contribution is 0.102. The van der Waals surface area contributed by atoms with Crippen LogP contribution in [0.1, 0.15) is 41.4 Å². The summed E-state index contributed by atoms with van der Waals surface area (Å²) >= 11 is 0. The van der Waals surface area contributed by atoms with Gasteiger partial charge in [0.15, 0.2) is 0 Å². The lowest BCUT2D eigenvalue weighted by atomic mass is 10.0. The highest BCUT2D eigenvalue weighted by Crippen LogP contribution is 2.24. The van der Waals surface area contributed by atoms with Gasteiger partial charge in [-0.1, -0.05) is 44.2 Å². The van der Waals surface area contributed by atoms with Gasteiger partial charge in [-0.15, -0.1) is 0 Å². The first-order chi connectivity index (χ1) is 13.6. The Labute approximate surface area is 165 Å². The van der Waals surface area contributed by atoms with Crippen molar-refractivity contribution in [2.45, 2.75) is 26.3 Å². The molecule has 0 bridgehead atoms. The van der Waals surface area contributed by atoms with Gasteiger partial charge >= 0.3 is 0 Å². The van der Waals surface area contributed by atoms with E-state index in [9.17, 15) is 4.79 Å². The van der Waals surface area contributed by atoms with Crippen molar-refractivity contribution in [1.82, 2.24) is 4.98 Å². The second-order valence-corrected chi connectivity index (χ2v) is 6.83. The van der Waals surface area contributed by atoms with Crippen LogP contribution in [0.15, 0.2) is 66.9 Å². The molecule has 2 aromatic carbocycles. The largest absolute Gasteiger partial charge is 0.497 e. The van der Waals surface area contributed by atoms with Gasteiger partial charge in [-0.3, -0.25) is 4.79 Å². The fourth-order valence-electron chi connectivity index (χ4n) is 2.88. The van der Waals surface area contributed by atoms with Crippen LogP contribution < -0.4 is 15.4 Å². The topological polar surface area (TPSA) is 63.2 Å². The molecule has 5 heteroatoms. The fraction of sp³-hybridized carbons (Fsp3) is 0.217. The molecule has 3 aromatic rings. The van der Waals surface area contributed by atoms with Gasteiger partial charge in [-0.2, -0.15) is 0 Å². The zero-order valence-corrected chi connectivity index (χ0v) is 16.4. The molecule has 28 heavy (non-hydrogen) atoms. The van der Waals surface area contributed by atoms with Gasteiger partial charge in [0.2, 0.25) is 0 Å². The number of hydrogen-bond donors (Lipinski definition) is 2. The van der Waals surface area contributed by atoms with Gasteiger partial charge in [0, 0.05) is 12.2 Å². The number of nitrogens with zero attached hydrogens (tertiary/aromatic N) is 1. The van der Waals surface area contributed by atoms with E-state index in [0.29, 0.717) is 18.2 Å². The summed E-state index contributed by atoms with van der Waals surface area (Å²) in [6.45, 7) is 4.87. The van der Waals surface area contributed by atoms with E-state index in [4.69, 9.17) is 4.74 Å². The van der Waals surface area contributed by atoms with Crippen LogP contribution in [0.25, 0.3) is 0 Å². The van der Waals surface area contributed by atoms with Crippen molar-refractivity contribution in [2.24, 2.45) is 0 Å². The molecule has 0 saturated carbocycles. The Kier molecular flexibility index (Phi) is 6.27. The third-order valence-electron chi connectivity index (χ3n) is 4.48. The highest BCUT2D eigenvalue weighted by molar-refractivity contribution is 6.03. The number of rotatable bonds is 7. The monoisotopic (exact) mass is 375 g/mol. The van der Waals surface area contributed by atoms with Crippen molar-refractivity contribution >= 4 is 17.3 Å². The molecular formula is C23H25N3O2. The average Bonchev–Trinajstić information content (AvgIpc) is 2.73. The average molecular weight is 375 g/mol. The van der Waals surface area contributed by atoms with E-state index < -0.39 is 0 Å². The molecule has 0 radical (unpaired) electrons. The van der Waals surface area contributed by atoms with Crippen molar-refractivity contribution in [2.75, 3.05) is 17.7 Å². The Morgan fingerprint density at radius 2 is 1.79 bits per heavy atom. The van der Waals surface area contributed by atoms with Gasteiger partial charge in [-0.25, -0.2) is 4.98 Å². The number of carbonyl (C=O) groups is 1. The highest BCUT2D eigenvalue weighted by Gasteiger charge is 2.12. The first-order valence-corrected chi connectivity index (χ1v) is 9.30. The number of carbonyl (C=O) groups excluding carboxylic acids is 1. The first-order valence-electron chi connectivity index (χ1n) is 9.30. The van der Waals surface area contributed by atoms with E-state index in [1.54, 1.807) is 19.4 Å². The van der Waals surface area contributed by atoms with Gasteiger partial charge < -0.3 is 15.4 Å². The number of nitrogens with one attached hydrogen (secondary N) is 2. The molecule has 3 rings (SSSR count). The number of methoxy groups -OCH3 is 1. The van der Waals surface area contributed by atoms with E-state index in [2.05, 4.69) is 29.5 Å². The van der Waals surface area contributed by atoms with Crippen LogP contribution in [0.3, 0.4) is 0 Å². The van der Waals surface area contributed by atoms with Crippen molar-refractivity contribution in [1.29, 1.82) is 0 Å². The summed E-state index contributed by atoms with van der Waals surface area (Å²) in [7, 11) is 1.65. The summed E-state index contributed by atoms with van der Waals surface area (Å²) in [5, 5.41) is 6.27. The Morgan fingerprint density at radius 3 is 2.43 bits per heavy atom. The number of amides is 1. The molecule has 0 saturated heterocycles. The molecule has 0 aliphatic rings. The minimum Gasteiger partial charge on any atom is -0.497 e. The maximum atomic E-state index is 12.5. The first kappa shape index (κ1) is 19.4. The van der Waals surface area contributed by atoms with Crippen molar-refractivity contribution in [3.8, 4) is 5.75 Å². The molecule has 144 valence electrons. The van der Waals surface area contributed by atoms with E-state index in [0.717, 1.165) is 28.3 Å². The molecule has 0 fully saturated rings. The molecule has 1 heterocycles. The maximum absolute atomic E-state index is 12.5. The van der Waals surface area contributed by atoms with Crippen LogP contribution in [0.4, 0.5) is 11.4 Å². The molecule has 1 aromatic heterocycles. The van der Waals surface area contributed by atoms with Crippen LogP contribution >= 0.6 is 0 Å². The Bertz CT molecular complexity index is 919. The maximum Gasteiger partial charge on any atom is 0.274 e. The number of hydrogen-bond acceptors (Lipinski definition) is 4. The molecular weight excluding hydrogens is 350 g/mol.